The molecule has 0 saturated heterocycles. The predicted octanol–water partition coefficient (Wildman–Crippen LogP) is 4.86. The maximum Gasteiger partial charge on any atom is 0.250 e. The molecule has 0 atom stereocenters. The standard InChI is InChI=1S/C24H23N5O2S2/c1-16-4-7-18(8-5-16)23-27-28-24(29(23)19-9-11-20(31-3)12-10-19)32-15-22(30)26-25-14-21-13-6-17(2)33-21/h4-14H,15H2,1-3H3,(H,26,30)/b25-14+. The summed E-state index contributed by atoms with van der Waals surface area (Å²) in [6, 6.07) is 19.7. The van der Waals surface area contributed by atoms with Gasteiger partial charge < -0.3 is 4.74 Å². The fourth-order valence-corrected chi connectivity index (χ4v) is 4.56. The third kappa shape index (κ3) is 5.68. The summed E-state index contributed by atoms with van der Waals surface area (Å²) >= 11 is 2.92. The van der Waals surface area contributed by atoms with Gasteiger partial charge in [0.25, 0.3) is 5.91 Å². The highest BCUT2D eigenvalue weighted by Crippen LogP contribution is 2.29. The van der Waals surface area contributed by atoms with Crippen LogP contribution < -0.4 is 10.2 Å². The predicted molar refractivity (Wildman–Crippen MR) is 134 cm³/mol. The van der Waals surface area contributed by atoms with Crippen LogP contribution in [0.2, 0.25) is 0 Å². The van der Waals surface area contributed by atoms with E-state index < -0.39 is 0 Å². The van der Waals surface area contributed by atoms with Crippen LogP contribution in [0.15, 0.2) is 70.9 Å². The minimum absolute atomic E-state index is 0.156. The second-order valence-electron chi connectivity index (χ2n) is 7.24. The largest absolute Gasteiger partial charge is 0.497 e. The number of amides is 1. The van der Waals surface area contributed by atoms with Crippen LogP contribution >= 0.6 is 23.1 Å². The Kier molecular flexibility index (Phi) is 7.21. The molecule has 33 heavy (non-hydrogen) atoms. The molecule has 0 spiro atoms. The highest BCUT2D eigenvalue weighted by Gasteiger charge is 2.17. The first kappa shape index (κ1) is 22.8. The molecule has 0 radical (unpaired) electrons. The molecule has 0 unspecified atom stereocenters. The zero-order valence-electron chi connectivity index (χ0n) is 18.5. The van der Waals surface area contributed by atoms with Gasteiger partial charge in [0.1, 0.15) is 5.75 Å². The van der Waals surface area contributed by atoms with E-state index in [1.165, 1.54) is 22.2 Å². The molecular formula is C24H23N5O2S2. The summed E-state index contributed by atoms with van der Waals surface area (Å²) in [5, 5.41) is 13.4. The van der Waals surface area contributed by atoms with Crippen molar-refractivity contribution < 1.29 is 9.53 Å². The normalized spacial score (nSPS) is 11.1. The van der Waals surface area contributed by atoms with Crippen LogP contribution in [0.4, 0.5) is 0 Å². The Bertz CT molecular complexity index is 1260. The zero-order valence-corrected chi connectivity index (χ0v) is 20.1. The van der Waals surface area contributed by atoms with Crippen LogP contribution in [-0.2, 0) is 4.79 Å². The number of rotatable bonds is 8. The van der Waals surface area contributed by atoms with Gasteiger partial charge in [-0.1, -0.05) is 41.6 Å². The maximum absolute atomic E-state index is 12.3. The van der Waals surface area contributed by atoms with Crippen molar-refractivity contribution in [3.8, 4) is 22.8 Å². The van der Waals surface area contributed by atoms with Crippen molar-refractivity contribution in [3.63, 3.8) is 0 Å². The van der Waals surface area contributed by atoms with Gasteiger partial charge in [-0.2, -0.15) is 5.10 Å². The quantitative estimate of drug-likeness (QED) is 0.223. The molecule has 0 aliphatic heterocycles. The van der Waals surface area contributed by atoms with Crippen molar-refractivity contribution in [2.75, 3.05) is 12.9 Å². The van der Waals surface area contributed by atoms with E-state index in [2.05, 4.69) is 20.7 Å². The van der Waals surface area contributed by atoms with Crippen LogP contribution in [0.1, 0.15) is 15.3 Å². The van der Waals surface area contributed by atoms with E-state index in [9.17, 15) is 4.79 Å². The highest BCUT2D eigenvalue weighted by molar-refractivity contribution is 7.99. The van der Waals surface area contributed by atoms with E-state index in [-0.39, 0.29) is 11.7 Å². The first-order chi connectivity index (χ1) is 16.0. The zero-order chi connectivity index (χ0) is 23.2. The lowest BCUT2D eigenvalue weighted by atomic mass is 10.1. The number of methoxy groups -OCH3 is 1. The first-order valence-electron chi connectivity index (χ1n) is 10.2. The number of carbonyl (C=O) groups excluding carboxylic acids is 1. The number of ether oxygens (including phenoxy) is 1. The lowest BCUT2D eigenvalue weighted by Crippen LogP contribution is -2.19. The number of hydrogen-bond donors (Lipinski definition) is 1. The molecule has 168 valence electrons. The minimum Gasteiger partial charge on any atom is -0.497 e. The average molecular weight is 478 g/mol. The molecule has 4 rings (SSSR count). The van der Waals surface area contributed by atoms with Gasteiger partial charge in [0, 0.05) is 21.0 Å². The second-order valence-corrected chi connectivity index (χ2v) is 9.50. The topological polar surface area (TPSA) is 81.4 Å². The molecule has 1 N–H and O–H groups in total. The van der Waals surface area contributed by atoms with Crippen molar-refractivity contribution >= 4 is 35.2 Å². The summed E-state index contributed by atoms with van der Waals surface area (Å²) in [4.78, 5) is 14.5. The number of carbonyl (C=O) groups is 1. The van der Waals surface area contributed by atoms with E-state index >= 15 is 0 Å². The Balaban J connectivity index is 1.53. The molecule has 0 aliphatic carbocycles. The molecule has 2 aromatic carbocycles. The van der Waals surface area contributed by atoms with Crippen LogP contribution in [0.3, 0.4) is 0 Å². The number of thiophene rings is 1. The van der Waals surface area contributed by atoms with E-state index in [0.717, 1.165) is 21.9 Å². The average Bonchev–Trinajstić information content (AvgIpc) is 3.44. The Hall–Kier alpha value is -3.43. The third-order valence-corrected chi connectivity index (χ3v) is 6.61. The molecule has 0 aliphatic rings. The molecule has 2 aromatic heterocycles. The molecule has 0 saturated carbocycles. The number of aromatic nitrogens is 3. The Labute approximate surface area is 200 Å². The number of aryl methyl sites for hydroxylation is 2. The summed E-state index contributed by atoms with van der Waals surface area (Å²) in [5.74, 6) is 1.40. The van der Waals surface area contributed by atoms with Crippen LogP contribution in [0, 0.1) is 13.8 Å². The van der Waals surface area contributed by atoms with Gasteiger partial charge in [0.05, 0.1) is 19.1 Å². The molecule has 0 fully saturated rings. The molecule has 4 aromatic rings. The fraction of sp³-hybridized carbons (Fsp3) is 0.167. The Morgan fingerprint density at radius 3 is 2.52 bits per heavy atom. The number of benzene rings is 2. The van der Waals surface area contributed by atoms with Crippen LogP contribution in [0.5, 0.6) is 5.75 Å². The van der Waals surface area contributed by atoms with E-state index in [1.807, 2.05) is 79.1 Å². The highest BCUT2D eigenvalue weighted by atomic mass is 32.2. The minimum atomic E-state index is -0.217. The van der Waals surface area contributed by atoms with E-state index in [0.29, 0.717) is 11.0 Å². The lowest BCUT2D eigenvalue weighted by Gasteiger charge is -2.11. The Morgan fingerprint density at radius 1 is 1.09 bits per heavy atom. The molecule has 7 nitrogen and oxygen atoms in total. The third-order valence-electron chi connectivity index (χ3n) is 4.75. The van der Waals surface area contributed by atoms with Gasteiger partial charge in [-0.25, -0.2) is 5.43 Å². The maximum atomic E-state index is 12.3. The van der Waals surface area contributed by atoms with Gasteiger partial charge in [0.15, 0.2) is 11.0 Å². The number of thioether (sulfide) groups is 1. The van der Waals surface area contributed by atoms with Crippen molar-refractivity contribution in [1.82, 2.24) is 20.2 Å². The van der Waals surface area contributed by atoms with Gasteiger partial charge in [-0.3, -0.25) is 9.36 Å². The molecular weight excluding hydrogens is 454 g/mol. The van der Waals surface area contributed by atoms with Gasteiger partial charge in [-0.05, 0) is 50.2 Å². The van der Waals surface area contributed by atoms with Gasteiger partial charge in [0.2, 0.25) is 0 Å². The fourth-order valence-electron chi connectivity index (χ4n) is 3.07. The van der Waals surface area contributed by atoms with Crippen LogP contribution in [-0.4, -0.2) is 39.7 Å². The summed E-state index contributed by atoms with van der Waals surface area (Å²) in [5.41, 5.74) is 5.56. The van der Waals surface area contributed by atoms with E-state index in [4.69, 9.17) is 4.74 Å². The number of hydrogen-bond acceptors (Lipinski definition) is 7. The summed E-state index contributed by atoms with van der Waals surface area (Å²) in [7, 11) is 1.63. The van der Waals surface area contributed by atoms with Gasteiger partial charge >= 0.3 is 0 Å². The molecule has 1 amide bonds. The second kappa shape index (κ2) is 10.5. The van der Waals surface area contributed by atoms with E-state index in [1.54, 1.807) is 24.7 Å². The summed E-state index contributed by atoms with van der Waals surface area (Å²) in [6.45, 7) is 4.07. The summed E-state index contributed by atoms with van der Waals surface area (Å²) in [6.07, 6.45) is 1.65. The Morgan fingerprint density at radius 2 is 1.85 bits per heavy atom. The number of nitrogens with zero attached hydrogens (tertiary/aromatic N) is 4. The van der Waals surface area contributed by atoms with Crippen molar-refractivity contribution in [3.05, 3.63) is 76.0 Å². The van der Waals surface area contributed by atoms with Crippen molar-refractivity contribution in [1.29, 1.82) is 0 Å². The summed E-state index contributed by atoms with van der Waals surface area (Å²) < 4.78 is 7.23. The van der Waals surface area contributed by atoms with Crippen LogP contribution in [0.25, 0.3) is 17.1 Å². The number of hydrazone groups is 1. The van der Waals surface area contributed by atoms with Gasteiger partial charge in [-0.15, -0.1) is 21.5 Å². The smallest absolute Gasteiger partial charge is 0.250 e. The number of nitrogens with one attached hydrogen (secondary N) is 1. The first-order valence-corrected chi connectivity index (χ1v) is 12.0. The lowest BCUT2D eigenvalue weighted by molar-refractivity contribution is -0.118. The van der Waals surface area contributed by atoms with Crippen molar-refractivity contribution in [2.24, 2.45) is 5.10 Å². The SMILES string of the molecule is COc1ccc(-n2c(SCC(=O)N/N=C/c3ccc(C)s3)nnc2-c2ccc(C)cc2)cc1. The monoisotopic (exact) mass is 477 g/mol. The molecule has 2 heterocycles. The molecule has 0 bridgehead atoms. The molecule has 9 heteroatoms. The van der Waals surface area contributed by atoms with Crippen molar-refractivity contribution in [2.45, 2.75) is 19.0 Å².